The number of nitrogens with one attached hydrogen (secondary N) is 2. The molecule has 0 spiro atoms. The van der Waals surface area contributed by atoms with E-state index in [-0.39, 0.29) is 0 Å². The third-order valence-corrected chi connectivity index (χ3v) is 4.40. The van der Waals surface area contributed by atoms with Crippen molar-refractivity contribution in [2.24, 2.45) is 4.99 Å². The average molecular weight is 368 g/mol. The van der Waals surface area contributed by atoms with Gasteiger partial charge in [-0.25, -0.2) is 4.98 Å². The SMILES string of the molecule is CCCOc1ccc(CNC(=NC)NCCc2ccc3c(c2)CCO3)cn1. The maximum absolute atomic E-state index is 5.56. The van der Waals surface area contributed by atoms with Crippen LogP contribution in [-0.4, -0.2) is 37.7 Å². The highest BCUT2D eigenvalue weighted by Gasteiger charge is 2.11. The molecule has 1 aliphatic rings. The summed E-state index contributed by atoms with van der Waals surface area (Å²) >= 11 is 0. The van der Waals surface area contributed by atoms with Crippen LogP contribution >= 0.6 is 0 Å². The number of aromatic nitrogens is 1. The fraction of sp³-hybridized carbons (Fsp3) is 0.429. The third-order valence-electron chi connectivity index (χ3n) is 4.40. The van der Waals surface area contributed by atoms with Crippen molar-refractivity contribution in [1.29, 1.82) is 0 Å². The van der Waals surface area contributed by atoms with E-state index in [4.69, 9.17) is 9.47 Å². The summed E-state index contributed by atoms with van der Waals surface area (Å²) in [7, 11) is 1.78. The van der Waals surface area contributed by atoms with E-state index >= 15 is 0 Å². The van der Waals surface area contributed by atoms with Gasteiger partial charge in [-0.2, -0.15) is 0 Å². The zero-order valence-corrected chi connectivity index (χ0v) is 16.1. The smallest absolute Gasteiger partial charge is 0.213 e. The first-order chi connectivity index (χ1) is 13.3. The van der Waals surface area contributed by atoms with Crippen LogP contribution in [0.5, 0.6) is 11.6 Å². The van der Waals surface area contributed by atoms with E-state index in [2.05, 4.69) is 45.7 Å². The summed E-state index contributed by atoms with van der Waals surface area (Å²) in [6, 6.07) is 10.4. The molecule has 0 amide bonds. The summed E-state index contributed by atoms with van der Waals surface area (Å²) in [5, 5.41) is 6.67. The molecule has 2 N–H and O–H groups in total. The predicted octanol–water partition coefficient (Wildman–Crippen LogP) is 2.71. The molecule has 1 aromatic carbocycles. The lowest BCUT2D eigenvalue weighted by molar-refractivity contribution is 0.305. The lowest BCUT2D eigenvalue weighted by Gasteiger charge is -2.12. The lowest BCUT2D eigenvalue weighted by Crippen LogP contribution is -2.37. The van der Waals surface area contributed by atoms with Gasteiger partial charge in [-0.3, -0.25) is 4.99 Å². The van der Waals surface area contributed by atoms with Crippen molar-refractivity contribution in [2.75, 3.05) is 26.8 Å². The van der Waals surface area contributed by atoms with Gasteiger partial charge in [0.2, 0.25) is 5.88 Å². The number of pyridine rings is 1. The van der Waals surface area contributed by atoms with Gasteiger partial charge in [0.15, 0.2) is 5.96 Å². The zero-order chi connectivity index (χ0) is 18.9. The van der Waals surface area contributed by atoms with Gasteiger partial charge in [-0.15, -0.1) is 0 Å². The van der Waals surface area contributed by atoms with E-state index < -0.39 is 0 Å². The number of guanidine groups is 1. The minimum absolute atomic E-state index is 0.664. The van der Waals surface area contributed by atoms with Crippen LogP contribution < -0.4 is 20.1 Å². The van der Waals surface area contributed by atoms with Crippen molar-refractivity contribution >= 4 is 5.96 Å². The second-order valence-electron chi connectivity index (χ2n) is 6.50. The molecular formula is C21H28N4O2. The molecule has 0 fully saturated rings. The fourth-order valence-electron chi connectivity index (χ4n) is 2.93. The van der Waals surface area contributed by atoms with Crippen LogP contribution in [0.15, 0.2) is 41.5 Å². The van der Waals surface area contributed by atoms with E-state index in [1.165, 1.54) is 11.1 Å². The molecule has 0 aliphatic carbocycles. The van der Waals surface area contributed by atoms with Gasteiger partial charge in [-0.1, -0.05) is 25.1 Å². The molecule has 2 aromatic rings. The first-order valence-electron chi connectivity index (χ1n) is 9.55. The third kappa shape index (κ3) is 5.61. The monoisotopic (exact) mass is 368 g/mol. The summed E-state index contributed by atoms with van der Waals surface area (Å²) in [6.07, 6.45) is 4.76. The Morgan fingerprint density at radius 1 is 1.22 bits per heavy atom. The Kier molecular flexibility index (Phi) is 6.90. The van der Waals surface area contributed by atoms with Crippen molar-refractivity contribution in [2.45, 2.75) is 32.7 Å². The molecule has 1 aromatic heterocycles. The minimum Gasteiger partial charge on any atom is -0.493 e. The Morgan fingerprint density at radius 2 is 2.11 bits per heavy atom. The van der Waals surface area contributed by atoms with Gasteiger partial charge in [0.1, 0.15) is 5.75 Å². The number of benzene rings is 1. The molecule has 0 saturated heterocycles. The number of ether oxygens (including phenoxy) is 2. The van der Waals surface area contributed by atoms with Crippen LogP contribution in [0.3, 0.4) is 0 Å². The van der Waals surface area contributed by atoms with Gasteiger partial charge < -0.3 is 20.1 Å². The van der Waals surface area contributed by atoms with E-state index in [1.54, 1.807) is 7.05 Å². The molecule has 6 nitrogen and oxygen atoms in total. The highest BCUT2D eigenvalue weighted by molar-refractivity contribution is 5.79. The van der Waals surface area contributed by atoms with Crippen LogP contribution in [0, 0.1) is 0 Å². The molecule has 3 rings (SSSR count). The summed E-state index contributed by atoms with van der Waals surface area (Å²) in [5.74, 6) is 2.48. The minimum atomic E-state index is 0.664. The molecule has 0 radical (unpaired) electrons. The molecule has 0 atom stereocenters. The maximum atomic E-state index is 5.56. The van der Waals surface area contributed by atoms with Crippen LogP contribution in [0.1, 0.15) is 30.0 Å². The van der Waals surface area contributed by atoms with Gasteiger partial charge >= 0.3 is 0 Å². The van der Waals surface area contributed by atoms with Crippen LogP contribution in [0.25, 0.3) is 0 Å². The summed E-state index contributed by atoms with van der Waals surface area (Å²) in [5.41, 5.74) is 3.71. The molecule has 0 saturated carbocycles. The Hall–Kier alpha value is -2.76. The maximum Gasteiger partial charge on any atom is 0.213 e. The average Bonchev–Trinajstić information content (AvgIpc) is 3.17. The molecule has 27 heavy (non-hydrogen) atoms. The van der Waals surface area contributed by atoms with E-state index in [0.29, 0.717) is 19.0 Å². The highest BCUT2D eigenvalue weighted by Crippen LogP contribution is 2.25. The first-order valence-corrected chi connectivity index (χ1v) is 9.55. The van der Waals surface area contributed by atoms with Crippen molar-refractivity contribution in [3.63, 3.8) is 0 Å². The van der Waals surface area contributed by atoms with Crippen LogP contribution in [-0.2, 0) is 19.4 Å². The number of nitrogens with zero attached hydrogens (tertiary/aromatic N) is 2. The number of hydrogen-bond acceptors (Lipinski definition) is 4. The molecule has 0 unspecified atom stereocenters. The van der Waals surface area contributed by atoms with Crippen molar-refractivity contribution in [1.82, 2.24) is 15.6 Å². The Morgan fingerprint density at radius 3 is 2.89 bits per heavy atom. The topological polar surface area (TPSA) is 67.8 Å². The van der Waals surface area contributed by atoms with Crippen LogP contribution in [0.2, 0.25) is 0 Å². The Balaban J connectivity index is 1.41. The van der Waals surface area contributed by atoms with Crippen LogP contribution in [0.4, 0.5) is 0 Å². The van der Waals surface area contributed by atoms with E-state index in [1.807, 2.05) is 18.3 Å². The number of hydrogen-bond donors (Lipinski definition) is 2. The Bertz CT molecular complexity index is 759. The van der Waals surface area contributed by atoms with Crippen molar-refractivity contribution in [3.05, 3.63) is 53.2 Å². The molecule has 2 heterocycles. The van der Waals surface area contributed by atoms with E-state index in [9.17, 15) is 0 Å². The second-order valence-corrected chi connectivity index (χ2v) is 6.50. The predicted molar refractivity (Wildman–Crippen MR) is 108 cm³/mol. The van der Waals surface area contributed by atoms with Gasteiger partial charge in [0.25, 0.3) is 0 Å². The standard InChI is InChI=1S/C21H28N4O2/c1-3-11-27-20-7-5-17(14-24-20)15-25-21(22-2)23-10-8-16-4-6-19-18(13-16)9-12-26-19/h4-7,13-14H,3,8-12,15H2,1-2H3,(H2,22,23,25). The van der Waals surface area contributed by atoms with E-state index in [0.717, 1.165) is 49.7 Å². The fourth-order valence-corrected chi connectivity index (χ4v) is 2.93. The molecule has 1 aliphatic heterocycles. The van der Waals surface area contributed by atoms with Gasteiger partial charge in [0.05, 0.1) is 13.2 Å². The van der Waals surface area contributed by atoms with Gasteiger partial charge in [0, 0.05) is 38.8 Å². The number of fused-ring (bicyclic) bond motifs is 1. The second kappa shape index (κ2) is 9.80. The quantitative estimate of drug-likeness (QED) is 0.554. The number of aliphatic imine (C=N–C) groups is 1. The zero-order valence-electron chi connectivity index (χ0n) is 16.1. The lowest BCUT2D eigenvalue weighted by atomic mass is 10.1. The Labute approximate surface area is 161 Å². The number of rotatable bonds is 8. The largest absolute Gasteiger partial charge is 0.493 e. The summed E-state index contributed by atoms with van der Waals surface area (Å²) in [4.78, 5) is 8.60. The normalized spacial score (nSPS) is 13.0. The molecule has 6 heteroatoms. The molecule has 0 bridgehead atoms. The van der Waals surface area contributed by atoms with Crippen molar-refractivity contribution in [3.8, 4) is 11.6 Å². The molecular weight excluding hydrogens is 340 g/mol. The summed E-state index contributed by atoms with van der Waals surface area (Å²) < 4.78 is 11.1. The van der Waals surface area contributed by atoms with Gasteiger partial charge in [-0.05, 0) is 35.6 Å². The summed E-state index contributed by atoms with van der Waals surface area (Å²) in [6.45, 7) is 5.06. The first kappa shape index (κ1) is 19.0. The van der Waals surface area contributed by atoms with Crippen molar-refractivity contribution < 1.29 is 9.47 Å². The molecule has 144 valence electrons. The highest BCUT2D eigenvalue weighted by atomic mass is 16.5.